The van der Waals surface area contributed by atoms with E-state index in [1.54, 1.807) is 0 Å². The van der Waals surface area contributed by atoms with Crippen LogP contribution in [0.15, 0.2) is 0 Å². The summed E-state index contributed by atoms with van der Waals surface area (Å²) in [4.78, 5) is 34.7. The number of carbonyl (C=O) groups is 3. The van der Waals surface area contributed by atoms with Crippen LogP contribution >= 0.6 is 0 Å². The van der Waals surface area contributed by atoms with Gasteiger partial charge in [-0.15, -0.1) is 0 Å². The van der Waals surface area contributed by atoms with Crippen LogP contribution in [0.3, 0.4) is 0 Å². The Kier molecular flexibility index (Phi) is 5.20. The van der Waals surface area contributed by atoms with Gasteiger partial charge in [0.15, 0.2) is 0 Å². The van der Waals surface area contributed by atoms with Gasteiger partial charge in [-0.3, -0.25) is 14.4 Å². The number of amides is 2. The van der Waals surface area contributed by atoms with Crippen molar-refractivity contribution in [2.75, 3.05) is 6.54 Å². The summed E-state index contributed by atoms with van der Waals surface area (Å²) in [6.45, 7) is 0.423. The van der Waals surface area contributed by atoms with Crippen LogP contribution in [0, 0.1) is 5.41 Å². The lowest BCUT2D eigenvalue weighted by molar-refractivity contribution is -0.151. The highest BCUT2D eigenvalue weighted by atomic mass is 16.4. The third-order valence-electron chi connectivity index (χ3n) is 4.36. The number of carboxylic acids is 1. The van der Waals surface area contributed by atoms with Crippen molar-refractivity contribution in [3.05, 3.63) is 0 Å². The van der Waals surface area contributed by atoms with Crippen molar-refractivity contribution < 1.29 is 19.5 Å². The van der Waals surface area contributed by atoms with Crippen LogP contribution in [0.25, 0.3) is 0 Å². The molecule has 0 unspecified atom stereocenters. The zero-order valence-corrected chi connectivity index (χ0v) is 12.3. The van der Waals surface area contributed by atoms with Gasteiger partial charge in [-0.2, -0.15) is 0 Å². The van der Waals surface area contributed by atoms with Crippen LogP contribution in [-0.2, 0) is 14.4 Å². The van der Waals surface area contributed by atoms with E-state index in [0.29, 0.717) is 38.3 Å². The first-order valence-corrected chi connectivity index (χ1v) is 7.81. The van der Waals surface area contributed by atoms with Gasteiger partial charge in [0.25, 0.3) is 0 Å². The first kappa shape index (κ1) is 15.8. The summed E-state index contributed by atoms with van der Waals surface area (Å²) in [5.74, 6) is -1.05. The number of carbonyl (C=O) groups excluding carboxylic acids is 2. The molecule has 0 saturated heterocycles. The van der Waals surface area contributed by atoms with Gasteiger partial charge in [0.05, 0.1) is 5.41 Å². The van der Waals surface area contributed by atoms with Crippen LogP contribution in [0.5, 0.6) is 0 Å². The average Bonchev–Trinajstić information content (AvgIpc) is 3.10. The Balaban J connectivity index is 1.62. The van der Waals surface area contributed by atoms with E-state index in [-0.39, 0.29) is 18.2 Å². The zero-order chi connectivity index (χ0) is 15.3. The van der Waals surface area contributed by atoms with Gasteiger partial charge in [-0.05, 0) is 32.1 Å². The van der Waals surface area contributed by atoms with E-state index in [4.69, 9.17) is 0 Å². The number of hydrogen-bond acceptors (Lipinski definition) is 3. The van der Waals surface area contributed by atoms with Gasteiger partial charge in [-0.25, -0.2) is 0 Å². The van der Waals surface area contributed by atoms with Crippen LogP contribution in [0.1, 0.15) is 57.8 Å². The van der Waals surface area contributed by atoms with Crippen molar-refractivity contribution in [1.82, 2.24) is 10.6 Å². The minimum Gasteiger partial charge on any atom is -0.481 e. The van der Waals surface area contributed by atoms with Gasteiger partial charge in [-0.1, -0.05) is 12.8 Å². The molecule has 0 atom stereocenters. The lowest BCUT2D eigenvalue weighted by Crippen LogP contribution is -2.36. The predicted molar refractivity (Wildman–Crippen MR) is 76.6 cm³/mol. The minimum absolute atomic E-state index is 0.0320. The Morgan fingerprint density at radius 2 is 1.76 bits per heavy atom. The van der Waals surface area contributed by atoms with Crippen molar-refractivity contribution in [3.8, 4) is 0 Å². The zero-order valence-electron chi connectivity index (χ0n) is 12.3. The maximum atomic E-state index is 11.9. The van der Waals surface area contributed by atoms with Gasteiger partial charge < -0.3 is 15.7 Å². The van der Waals surface area contributed by atoms with Crippen molar-refractivity contribution in [1.29, 1.82) is 0 Å². The van der Waals surface area contributed by atoms with E-state index in [1.165, 1.54) is 0 Å². The maximum Gasteiger partial charge on any atom is 0.310 e. The second-order valence-corrected chi connectivity index (χ2v) is 6.26. The molecule has 2 fully saturated rings. The smallest absolute Gasteiger partial charge is 0.310 e. The quantitative estimate of drug-likeness (QED) is 0.586. The number of nitrogens with one attached hydrogen (secondary N) is 2. The standard InChI is InChI=1S/C15H24N2O4/c18-12(17-11-5-6-11)4-3-9-16-13(19)10-15(14(20)21)7-1-2-8-15/h11H,1-10H2,(H,16,19)(H,17,18)(H,20,21). The fourth-order valence-corrected chi connectivity index (χ4v) is 2.89. The number of rotatable bonds is 8. The number of aliphatic carboxylic acids is 1. The Bertz CT molecular complexity index is 412. The van der Waals surface area contributed by atoms with Crippen LogP contribution in [0.4, 0.5) is 0 Å². The van der Waals surface area contributed by atoms with Crippen molar-refractivity contribution in [3.63, 3.8) is 0 Å². The third-order valence-corrected chi connectivity index (χ3v) is 4.36. The van der Waals surface area contributed by atoms with Crippen LogP contribution < -0.4 is 10.6 Å². The molecule has 0 heterocycles. The predicted octanol–water partition coefficient (Wildman–Crippen LogP) is 1.20. The fourth-order valence-electron chi connectivity index (χ4n) is 2.89. The first-order chi connectivity index (χ1) is 10.0. The molecule has 0 aromatic heterocycles. The van der Waals surface area contributed by atoms with E-state index >= 15 is 0 Å². The molecule has 2 rings (SSSR count). The molecule has 118 valence electrons. The lowest BCUT2D eigenvalue weighted by Gasteiger charge is -2.22. The Morgan fingerprint density at radius 1 is 1.10 bits per heavy atom. The monoisotopic (exact) mass is 296 g/mol. The summed E-state index contributed by atoms with van der Waals surface area (Å²) in [5.41, 5.74) is -0.868. The highest BCUT2D eigenvalue weighted by molar-refractivity contribution is 5.85. The molecule has 3 N–H and O–H groups in total. The molecular weight excluding hydrogens is 272 g/mol. The molecular formula is C15H24N2O4. The molecule has 0 bridgehead atoms. The minimum atomic E-state index is -0.868. The van der Waals surface area contributed by atoms with Crippen molar-refractivity contribution >= 4 is 17.8 Å². The molecule has 2 amide bonds. The Morgan fingerprint density at radius 3 is 2.33 bits per heavy atom. The third kappa shape index (κ3) is 4.72. The molecule has 0 aliphatic heterocycles. The van der Waals surface area contributed by atoms with E-state index in [2.05, 4.69) is 10.6 Å². The molecule has 21 heavy (non-hydrogen) atoms. The molecule has 0 radical (unpaired) electrons. The van der Waals surface area contributed by atoms with Crippen LogP contribution in [0.2, 0.25) is 0 Å². The molecule has 2 saturated carbocycles. The molecule has 0 spiro atoms. The van der Waals surface area contributed by atoms with E-state index in [9.17, 15) is 19.5 Å². The summed E-state index contributed by atoms with van der Waals surface area (Å²) >= 11 is 0. The number of carboxylic acid groups (broad SMARTS) is 1. The largest absolute Gasteiger partial charge is 0.481 e. The first-order valence-electron chi connectivity index (χ1n) is 7.81. The number of hydrogen-bond donors (Lipinski definition) is 3. The van der Waals surface area contributed by atoms with Gasteiger partial charge >= 0.3 is 5.97 Å². The summed E-state index contributed by atoms with van der Waals surface area (Å²) < 4.78 is 0. The summed E-state index contributed by atoms with van der Waals surface area (Å²) in [6.07, 6.45) is 6.10. The maximum absolute atomic E-state index is 11.9. The molecule has 0 aromatic carbocycles. The SMILES string of the molecule is O=C(CC1(C(=O)O)CCCC1)NCCCC(=O)NC1CC1. The van der Waals surface area contributed by atoms with E-state index in [1.807, 2.05) is 0 Å². The highest BCUT2D eigenvalue weighted by Gasteiger charge is 2.42. The fraction of sp³-hybridized carbons (Fsp3) is 0.800. The topological polar surface area (TPSA) is 95.5 Å². The van der Waals surface area contributed by atoms with Gasteiger partial charge in [0.1, 0.15) is 0 Å². The second-order valence-electron chi connectivity index (χ2n) is 6.26. The summed E-state index contributed by atoms with van der Waals surface area (Å²) in [6, 6.07) is 0.366. The molecule has 6 nitrogen and oxygen atoms in total. The highest BCUT2D eigenvalue weighted by Crippen LogP contribution is 2.41. The van der Waals surface area contributed by atoms with Crippen molar-refractivity contribution in [2.24, 2.45) is 5.41 Å². The van der Waals surface area contributed by atoms with Crippen LogP contribution in [-0.4, -0.2) is 35.5 Å². The molecule has 2 aliphatic carbocycles. The van der Waals surface area contributed by atoms with Crippen molar-refractivity contribution in [2.45, 2.75) is 63.8 Å². The second kappa shape index (κ2) is 6.91. The Labute approximate surface area is 124 Å². The van der Waals surface area contributed by atoms with E-state index in [0.717, 1.165) is 25.7 Å². The average molecular weight is 296 g/mol. The summed E-state index contributed by atoms with van der Waals surface area (Å²) in [5, 5.41) is 14.9. The normalized spacial score (nSPS) is 20.0. The molecule has 0 aromatic rings. The van der Waals surface area contributed by atoms with Gasteiger partial charge in [0, 0.05) is 25.4 Å². The summed E-state index contributed by atoms with van der Waals surface area (Å²) in [7, 11) is 0. The van der Waals surface area contributed by atoms with Gasteiger partial charge in [0.2, 0.25) is 11.8 Å². The Hall–Kier alpha value is -1.59. The van der Waals surface area contributed by atoms with E-state index < -0.39 is 11.4 Å². The molecule has 2 aliphatic rings. The lowest BCUT2D eigenvalue weighted by atomic mass is 9.82. The molecule has 6 heteroatoms.